The quantitative estimate of drug-likeness (QED) is 0.102. The molecule has 3 atom stereocenters. The number of unbranched alkanes of at least 4 members (excludes halogenated alkanes) is 3. The van der Waals surface area contributed by atoms with Crippen LogP contribution in [0.1, 0.15) is 66.7 Å². The van der Waals surface area contributed by atoms with Crippen LogP contribution < -0.4 is 15.6 Å². The van der Waals surface area contributed by atoms with Crippen LogP contribution in [0.5, 0.6) is 11.5 Å². The number of phenols is 1. The number of piperidine rings is 3. The van der Waals surface area contributed by atoms with Gasteiger partial charge in [0, 0.05) is 29.4 Å². The SMILES string of the molecule is O=C(O)N(C(c1cccc(OCCCCCCNC[C@@H](O)c2ccc(O)c3[nH]c(=O)ccc23)c1)c1cccs1)[C@H]1CN2CCC1CC2. The summed E-state index contributed by atoms with van der Waals surface area (Å²) in [5.41, 5.74) is 1.61. The first kappa shape index (κ1) is 33.0. The summed E-state index contributed by atoms with van der Waals surface area (Å²) in [4.78, 5) is 32.2. The van der Waals surface area contributed by atoms with Crippen molar-refractivity contribution in [1.29, 1.82) is 0 Å². The summed E-state index contributed by atoms with van der Waals surface area (Å²) in [5.74, 6) is 1.13. The van der Waals surface area contributed by atoms with Gasteiger partial charge in [0.2, 0.25) is 5.56 Å². The van der Waals surface area contributed by atoms with Crippen LogP contribution in [-0.2, 0) is 0 Å². The van der Waals surface area contributed by atoms with Crippen molar-refractivity contribution in [1.82, 2.24) is 20.1 Å². The number of fused-ring (bicyclic) bond motifs is 4. The lowest BCUT2D eigenvalue weighted by molar-refractivity contribution is -0.000335. The van der Waals surface area contributed by atoms with Gasteiger partial charge in [-0.25, -0.2) is 4.79 Å². The fourth-order valence-electron chi connectivity index (χ4n) is 7.17. The number of nitrogens with zero attached hydrogens (tertiary/aromatic N) is 2. The molecule has 7 rings (SSSR count). The highest BCUT2D eigenvalue weighted by atomic mass is 32.1. The number of aromatic hydroxyl groups is 1. The van der Waals surface area contributed by atoms with Crippen LogP contribution >= 0.6 is 11.3 Å². The number of hydrogen-bond donors (Lipinski definition) is 5. The first-order valence-corrected chi connectivity index (χ1v) is 17.5. The minimum absolute atomic E-state index is 0.0228. The molecule has 4 aromatic rings. The van der Waals surface area contributed by atoms with E-state index in [1.807, 2.05) is 41.8 Å². The van der Waals surface area contributed by atoms with Crippen LogP contribution in [0.4, 0.5) is 4.79 Å². The van der Waals surface area contributed by atoms with E-state index in [4.69, 9.17) is 4.74 Å². The van der Waals surface area contributed by atoms with Crippen molar-refractivity contribution in [2.75, 3.05) is 39.3 Å². The maximum absolute atomic E-state index is 12.8. The maximum atomic E-state index is 12.8. The van der Waals surface area contributed by atoms with Crippen molar-refractivity contribution in [3.8, 4) is 11.5 Å². The highest BCUT2D eigenvalue weighted by Crippen LogP contribution is 2.40. The predicted octanol–water partition coefficient (Wildman–Crippen LogP) is 5.72. The molecule has 2 aromatic heterocycles. The van der Waals surface area contributed by atoms with Crippen molar-refractivity contribution in [2.24, 2.45) is 5.92 Å². The number of amides is 1. The zero-order valence-electron chi connectivity index (χ0n) is 26.5. The van der Waals surface area contributed by atoms with Crippen LogP contribution in [0, 0.1) is 5.92 Å². The number of hydrogen-bond acceptors (Lipinski definition) is 8. The number of H-pyrrole nitrogens is 1. The third-order valence-corrected chi connectivity index (χ3v) is 10.5. The van der Waals surface area contributed by atoms with Gasteiger partial charge in [-0.05, 0) is 98.1 Å². The van der Waals surface area contributed by atoms with Crippen molar-refractivity contribution in [3.63, 3.8) is 0 Å². The Kier molecular flexibility index (Phi) is 10.8. The third kappa shape index (κ3) is 7.81. The van der Waals surface area contributed by atoms with Gasteiger partial charge in [0.15, 0.2) is 0 Å². The molecule has 2 bridgehead atoms. The Bertz CT molecular complexity index is 1690. The topological polar surface area (TPSA) is 138 Å². The van der Waals surface area contributed by atoms with Crippen molar-refractivity contribution >= 4 is 28.3 Å². The van der Waals surface area contributed by atoms with Gasteiger partial charge in [-0.15, -0.1) is 11.3 Å². The highest BCUT2D eigenvalue weighted by molar-refractivity contribution is 7.10. The zero-order chi connectivity index (χ0) is 32.8. The summed E-state index contributed by atoms with van der Waals surface area (Å²) >= 11 is 1.60. The lowest BCUT2D eigenvalue weighted by atomic mass is 9.82. The average Bonchev–Trinajstić information content (AvgIpc) is 3.62. The minimum atomic E-state index is -0.871. The standard InChI is InChI=1S/C36H44N4O6S/c41-30-12-10-27(28-11-13-33(43)38-34(28)30)31(42)22-37-16-3-1-2-4-19-46-26-8-5-7-25(21-26)35(32-9-6-20-47-32)40(36(44)45)29-23-39-17-14-24(29)15-18-39/h5-13,20-21,24,29,31,35,37,41-42H,1-4,14-19,22-23H2,(H,38,43)(H,44,45)/t29-,31+,35?/m0/s1. The fourth-order valence-corrected chi connectivity index (χ4v) is 8.02. The lowest BCUT2D eigenvalue weighted by Gasteiger charge is -2.50. The number of aromatic amines is 1. The molecular formula is C36H44N4O6S. The van der Waals surface area contributed by atoms with E-state index in [1.54, 1.807) is 28.4 Å². The Labute approximate surface area is 278 Å². The van der Waals surface area contributed by atoms with Crippen molar-refractivity contribution in [2.45, 2.75) is 56.7 Å². The molecule has 0 spiro atoms. The number of phenolic OH excluding ortho intramolecular Hbond substituents is 1. The number of benzene rings is 2. The maximum Gasteiger partial charge on any atom is 0.408 e. The first-order chi connectivity index (χ1) is 22.9. The molecule has 3 saturated heterocycles. The van der Waals surface area contributed by atoms with Gasteiger partial charge in [-0.1, -0.05) is 37.1 Å². The number of nitrogens with one attached hydrogen (secondary N) is 2. The molecule has 1 unspecified atom stereocenters. The van der Waals surface area contributed by atoms with E-state index >= 15 is 0 Å². The summed E-state index contributed by atoms with van der Waals surface area (Å²) < 4.78 is 6.15. The van der Waals surface area contributed by atoms with Crippen molar-refractivity contribution < 1.29 is 24.9 Å². The smallest absolute Gasteiger partial charge is 0.408 e. The molecule has 5 heterocycles. The molecule has 47 heavy (non-hydrogen) atoms. The molecule has 0 saturated carbocycles. The number of carboxylic acid groups (broad SMARTS) is 1. The van der Waals surface area contributed by atoms with E-state index in [-0.39, 0.29) is 23.4 Å². The number of ether oxygens (including phenoxy) is 1. The van der Waals surface area contributed by atoms with Crippen molar-refractivity contribution in [3.05, 3.63) is 92.4 Å². The van der Waals surface area contributed by atoms with Crippen LogP contribution in [0.25, 0.3) is 10.9 Å². The van der Waals surface area contributed by atoms with Gasteiger partial charge in [-0.3, -0.25) is 9.69 Å². The third-order valence-electron chi connectivity index (χ3n) is 9.58. The number of aliphatic hydroxyl groups is 1. The Morgan fingerprint density at radius 1 is 1.06 bits per heavy atom. The van der Waals surface area contributed by atoms with Gasteiger partial charge in [-0.2, -0.15) is 0 Å². The summed E-state index contributed by atoms with van der Waals surface area (Å²) in [6, 6.07) is 17.7. The fraction of sp³-hybridized carbons (Fsp3) is 0.444. The lowest BCUT2D eigenvalue weighted by Crippen LogP contribution is -2.59. The highest BCUT2D eigenvalue weighted by Gasteiger charge is 2.43. The molecule has 1 amide bonds. The molecule has 2 aromatic carbocycles. The van der Waals surface area contributed by atoms with Crippen LogP contribution in [-0.4, -0.2) is 81.6 Å². The van der Waals surface area contributed by atoms with E-state index in [2.05, 4.69) is 15.2 Å². The minimum Gasteiger partial charge on any atom is -0.506 e. The van der Waals surface area contributed by atoms with Gasteiger partial charge in [0.25, 0.3) is 0 Å². The van der Waals surface area contributed by atoms with E-state index in [9.17, 15) is 24.9 Å². The van der Waals surface area contributed by atoms with Gasteiger partial charge < -0.3 is 35.3 Å². The Morgan fingerprint density at radius 2 is 1.89 bits per heavy atom. The number of carbonyl (C=O) groups is 1. The van der Waals surface area contributed by atoms with Crippen LogP contribution in [0.15, 0.2) is 70.8 Å². The number of thiophene rings is 1. The molecule has 5 N–H and O–H groups in total. The first-order valence-electron chi connectivity index (χ1n) is 16.6. The van der Waals surface area contributed by atoms with Gasteiger partial charge in [0.1, 0.15) is 11.5 Å². The van der Waals surface area contributed by atoms with E-state index in [1.165, 1.54) is 12.1 Å². The predicted molar refractivity (Wildman–Crippen MR) is 183 cm³/mol. The zero-order valence-corrected chi connectivity index (χ0v) is 27.3. The largest absolute Gasteiger partial charge is 0.506 e. The van der Waals surface area contributed by atoms with Gasteiger partial charge in [0.05, 0.1) is 30.3 Å². The van der Waals surface area contributed by atoms with E-state index in [0.717, 1.165) is 80.9 Å². The molecule has 0 aliphatic carbocycles. The van der Waals surface area contributed by atoms with E-state index < -0.39 is 12.2 Å². The number of pyridine rings is 1. The van der Waals surface area contributed by atoms with E-state index in [0.29, 0.717) is 35.5 Å². The number of rotatable bonds is 15. The van der Waals surface area contributed by atoms with Crippen LogP contribution in [0.3, 0.4) is 0 Å². The average molecular weight is 661 g/mol. The summed E-state index contributed by atoms with van der Waals surface area (Å²) in [5, 5.41) is 37.3. The molecule has 10 nitrogen and oxygen atoms in total. The second kappa shape index (κ2) is 15.3. The Morgan fingerprint density at radius 3 is 2.64 bits per heavy atom. The van der Waals surface area contributed by atoms with Gasteiger partial charge >= 0.3 is 6.09 Å². The molecule has 3 aliphatic rings. The Hall–Kier alpha value is -3.90. The number of aliphatic hydroxyl groups excluding tert-OH is 1. The number of aromatic nitrogens is 1. The normalized spacial score (nSPS) is 20.2. The second-order valence-electron chi connectivity index (χ2n) is 12.7. The van der Waals surface area contributed by atoms with Crippen LogP contribution in [0.2, 0.25) is 0 Å². The molecule has 0 radical (unpaired) electrons. The molecule has 11 heteroatoms. The summed E-state index contributed by atoms with van der Waals surface area (Å²) in [6.07, 6.45) is 4.34. The molecule has 3 aliphatic heterocycles. The summed E-state index contributed by atoms with van der Waals surface area (Å²) in [6.45, 7) is 4.62. The molecule has 250 valence electrons. The molecule has 3 fully saturated rings. The summed E-state index contributed by atoms with van der Waals surface area (Å²) in [7, 11) is 0. The monoisotopic (exact) mass is 660 g/mol. The molecular weight excluding hydrogens is 616 g/mol. The Balaban J connectivity index is 0.966. The second-order valence-corrected chi connectivity index (χ2v) is 13.6.